The molecule has 0 radical (unpaired) electrons. The van der Waals surface area contributed by atoms with Crippen LogP contribution in [0.2, 0.25) is 0 Å². The molecule has 2 fully saturated rings. The van der Waals surface area contributed by atoms with Gasteiger partial charge >= 0.3 is 0 Å². The lowest BCUT2D eigenvalue weighted by Crippen LogP contribution is -2.46. The van der Waals surface area contributed by atoms with Crippen LogP contribution >= 0.6 is 0 Å². The number of anilines is 2. The fourth-order valence-electron chi connectivity index (χ4n) is 4.81. The third kappa shape index (κ3) is 4.26. The summed E-state index contributed by atoms with van der Waals surface area (Å²) in [4.78, 5) is 2.85. The standard InChI is InChI=1S/C22H36N2/c1-2-3-10-18-15-16-19(23)17-22(18)24(20-11-6-4-7-12-20)21-13-8-5-9-14-21/h15-17,20-21H,2-14,23H2,1H3. The zero-order chi connectivity index (χ0) is 16.8. The molecule has 0 atom stereocenters. The zero-order valence-corrected chi connectivity index (χ0v) is 15.6. The minimum Gasteiger partial charge on any atom is -0.399 e. The molecule has 1 aromatic rings. The van der Waals surface area contributed by atoms with E-state index in [-0.39, 0.29) is 0 Å². The summed E-state index contributed by atoms with van der Waals surface area (Å²) in [6.45, 7) is 2.29. The molecule has 2 aliphatic carbocycles. The van der Waals surface area contributed by atoms with E-state index in [1.165, 1.54) is 94.7 Å². The molecule has 0 bridgehead atoms. The topological polar surface area (TPSA) is 29.3 Å². The number of unbranched alkanes of at least 4 members (excludes halogenated alkanes) is 1. The second-order valence-electron chi connectivity index (χ2n) is 7.98. The minimum atomic E-state index is 0.740. The molecule has 0 amide bonds. The van der Waals surface area contributed by atoms with Gasteiger partial charge in [-0.2, -0.15) is 0 Å². The van der Waals surface area contributed by atoms with Crippen molar-refractivity contribution in [3.8, 4) is 0 Å². The first-order chi connectivity index (χ1) is 11.8. The van der Waals surface area contributed by atoms with Crippen molar-refractivity contribution in [2.24, 2.45) is 0 Å². The normalized spacial score (nSPS) is 20.2. The summed E-state index contributed by atoms with van der Waals surface area (Å²) in [7, 11) is 0. The molecule has 0 heterocycles. The van der Waals surface area contributed by atoms with Gasteiger partial charge in [0.25, 0.3) is 0 Å². The number of nitrogens with two attached hydrogens (primary N) is 1. The molecule has 0 aromatic heterocycles. The summed E-state index contributed by atoms with van der Waals surface area (Å²) in [5.74, 6) is 0. The lowest BCUT2D eigenvalue weighted by molar-refractivity contribution is 0.339. The van der Waals surface area contributed by atoms with Crippen LogP contribution in [0.15, 0.2) is 18.2 Å². The average Bonchev–Trinajstić information content (AvgIpc) is 2.63. The van der Waals surface area contributed by atoms with E-state index < -0.39 is 0 Å². The van der Waals surface area contributed by atoms with Crippen molar-refractivity contribution in [2.45, 2.75) is 102 Å². The van der Waals surface area contributed by atoms with Crippen LogP contribution in [0.4, 0.5) is 11.4 Å². The van der Waals surface area contributed by atoms with Crippen LogP contribution in [0.3, 0.4) is 0 Å². The maximum Gasteiger partial charge on any atom is 0.0424 e. The van der Waals surface area contributed by atoms with Crippen molar-refractivity contribution in [2.75, 3.05) is 10.6 Å². The third-order valence-corrected chi connectivity index (χ3v) is 6.12. The first kappa shape index (κ1) is 17.6. The summed E-state index contributed by atoms with van der Waals surface area (Å²) >= 11 is 0. The monoisotopic (exact) mass is 328 g/mol. The van der Waals surface area contributed by atoms with E-state index in [0.717, 1.165) is 17.8 Å². The van der Waals surface area contributed by atoms with Gasteiger partial charge in [-0.3, -0.25) is 0 Å². The van der Waals surface area contributed by atoms with Crippen molar-refractivity contribution in [1.82, 2.24) is 0 Å². The van der Waals surface area contributed by atoms with E-state index in [9.17, 15) is 0 Å². The molecule has 2 nitrogen and oxygen atoms in total. The largest absolute Gasteiger partial charge is 0.399 e. The quantitative estimate of drug-likeness (QED) is 0.641. The Labute approximate surface area is 148 Å². The van der Waals surface area contributed by atoms with E-state index in [1.54, 1.807) is 0 Å². The zero-order valence-electron chi connectivity index (χ0n) is 15.6. The van der Waals surface area contributed by atoms with Gasteiger partial charge in [0.15, 0.2) is 0 Å². The Kier molecular flexibility index (Phi) is 6.45. The number of rotatable bonds is 6. The van der Waals surface area contributed by atoms with Gasteiger partial charge in [-0.1, -0.05) is 57.9 Å². The summed E-state index contributed by atoms with van der Waals surface area (Å²) in [5.41, 5.74) is 10.2. The Morgan fingerprint density at radius 2 is 1.50 bits per heavy atom. The molecule has 0 saturated heterocycles. The first-order valence-electron chi connectivity index (χ1n) is 10.5. The molecule has 24 heavy (non-hydrogen) atoms. The molecule has 3 rings (SSSR count). The Morgan fingerprint density at radius 3 is 2.04 bits per heavy atom. The molecular formula is C22H36N2. The molecule has 2 saturated carbocycles. The SMILES string of the molecule is CCCCc1ccc(N)cc1N(C1CCCCC1)C1CCCCC1. The smallest absolute Gasteiger partial charge is 0.0424 e. The Morgan fingerprint density at radius 1 is 0.917 bits per heavy atom. The highest BCUT2D eigenvalue weighted by Gasteiger charge is 2.30. The number of benzene rings is 1. The lowest BCUT2D eigenvalue weighted by Gasteiger charge is -2.44. The maximum atomic E-state index is 6.23. The predicted molar refractivity (Wildman–Crippen MR) is 106 cm³/mol. The van der Waals surface area contributed by atoms with Crippen LogP contribution in [-0.2, 0) is 6.42 Å². The van der Waals surface area contributed by atoms with Crippen LogP contribution in [0.5, 0.6) is 0 Å². The van der Waals surface area contributed by atoms with Crippen LogP contribution in [0, 0.1) is 0 Å². The van der Waals surface area contributed by atoms with Crippen LogP contribution < -0.4 is 10.6 Å². The number of aryl methyl sites for hydroxylation is 1. The first-order valence-corrected chi connectivity index (χ1v) is 10.5. The van der Waals surface area contributed by atoms with Gasteiger partial charge in [0.1, 0.15) is 0 Å². The molecular weight excluding hydrogens is 292 g/mol. The highest BCUT2D eigenvalue weighted by atomic mass is 15.2. The molecule has 1 aromatic carbocycles. The molecule has 134 valence electrons. The van der Waals surface area contributed by atoms with Crippen molar-refractivity contribution < 1.29 is 0 Å². The van der Waals surface area contributed by atoms with Gasteiger partial charge < -0.3 is 10.6 Å². The fraction of sp³-hybridized carbons (Fsp3) is 0.727. The molecule has 2 heteroatoms. The summed E-state index contributed by atoms with van der Waals surface area (Å²) in [5, 5.41) is 0. The molecule has 0 aliphatic heterocycles. The Bertz CT molecular complexity index is 481. The van der Waals surface area contributed by atoms with Gasteiger partial charge in [0.05, 0.1) is 0 Å². The lowest BCUT2D eigenvalue weighted by atomic mass is 9.87. The third-order valence-electron chi connectivity index (χ3n) is 6.12. The van der Waals surface area contributed by atoms with E-state index >= 15 is 0 Å². The van der Waals surface area contributed by atoms with Crippen molar-refractivity contribution in [3.05, 3.63) is 23.8 Å². The van der Waals surface area contributed by atoms with E-state index in [2.05, 4.69) is 30.0 Å². The predicted octanol–water partition coefficient (Wildman–Crippen LogP) is 6.08. The summed E-state index contributed by atoms with van der Waals surface area (Å²) in [6, 6.07) is 8.18. The highest BCUT2D eigenvalue weighted by Crippen LogP contribution is 2.37. The average molecular weight is 329 g/mol. The maximum absolute atomic E-state index is 6.23. The number of nitrogens with zero attached hydrogens (tertiary/aromatic N) is 1. The van der Waals surface area contributed by atoms with Crippen molar-refractivity contribution in [1.29, 1.82) is 0 Å². The molecule has 0 unspecified atom stereocenters. The number of nitrogen functional groups attached to an aromatic ring is 1. The van der Waals surface area contributed by atoms with Gasteiger partial charge in [-0.15, -0.1) is 0 Å². The second-order valence-corrected chi connectivity index (χ2v) is 7.98. The van der Waals surface area contributed by atoms with Crippen LogP contribution in [-0.4, -0.2) is 12.1 Å². The van der Waals surface area contributed by atoms with Crippen molar-refractivity contribution in [3.63, 3.8) is 0 Å². The van der Waals surface area contributed by atoms with Gasteiger partial charge in [-0.25, -0.2) is 0 Å². The van der Waals surface area contributed by atoms with Crippen LogP contribution in [0.1, 0.15) is 89.5 Å². The van der Waals surface area contributed by atoms with E-state index in [0.29, 0.717) is 0 Å². The van der Waals surface area contributed by atoms with E-state index in [4.69, 9.17) is 5.73 Å². The van der Waals surface area contributed by atoms with Gasteiger partial charge in [0.2, 0.25) is 0 Å². The Hall–Kier alpha value is -1.18. The number of hydrogen-bond acceptors (Lipinski definition) is 2. The van der Waals surface area contributed by atoms with Gasteiger partial charge in [-0.05, 0) is 56.2 Å². The highest BCUT2D eigenvalue weighted by molar-refractivity contribution is 5.62. The van der Waals surface area contributed by atoms with Gasteiger partial charge in [0, 0.05) is 23.5 Å². The molecule has 0 spiro atoms. The summed E-state index contributed by atoms with van der Waals surface area (Å²) in [6.07, 6.45) is 17.7. The molecule has 2 N–H and O–H groups in total. The number of hydrogen-bond donors (Lipinski definition) is 1. The van der Waals surface area contributed by atoms with E-state index in [1.807, 2.05) is 0 Å². The fourth-order valence-corrected chi connectivity index (χ4v) is 4.81. The van der Waals surface area contributed by atoms with Crippen LogP contribution in [0.25, 0.3) is 0 Å². The Balaban J connectivity index is 1.92. The summed E-state index contributed by atoms with van der Waals surface area (Å²) < 4.78 is 0. The van der Waals surface area contributed by atoms with Crippen molar-refractivity contribution >= 4 is 11.4 Å². The second kappa shape index (κ2) is 8.78. The minimum absolute atomic E-state index is 0.740. The molecule has 2 aliphatic rings.